The number of likely N-dealkylation sites (tertiary alicyclic amines) is 1. The number of hydrogen-bond acceptors (Lipinski definition) is 3. The highest BCUT2D eigenvalue weighted by molar-refractivity contribution is 6.43. The normalized spacial score (nSPS) is 14.8. The molecule has 4 rings (SSSR count). The quantitative estimate of drug-likeness (QED) is 0.331. The highest BCUT2D eigenvalue weighted by Gasteiger charge is 2.27. The summed E-state index contributed by atoms with van der Waals surface area (Å²) in [6.07, 6.45) is 6.51. The van der Waals surface area contributed by atoms with Gasteiger partial charge in [0.1, 0.15) is 0 Å². The van der Waals surface area contributed by atoms with Gasteiger partial charge < -0.3 is 14.2 Å². The molecule has 0 radical (unpaired) electrons. The molecule has 0 atom stereocenters. The van der Waals surface area contributed by atoms with Gasteiger partial charge in [0.05, 0.1) is 22.6 Å². The number of fused-ring (bicyclic) bond motifs is 1. The largest absolute Gasteiger partial charge is 0.466 e. The van der Waals surface area contributed by atoms with Gasteiger partial charge in [-0.3, -0.25) is 9.59 Å². The monoisotopic (exact) mass is 484 g/mol. The van der Waals surface area contributed by atoms with Gasteiger partial charge in [0.2, 0.25) is 5.91 Å². The molecule has 1 fully saturated rings. The molecule has 5 nitrogen and oxygen atoms in total. The molecule has 0 bridgehead atoms. The molecule has 1 aliphatic rings. The van der Waals surface area contributed by atoms with E-state index in [4.69, 9.17) is 27.9 Å². The lowest BCUT2D eigenvalue weighted by Gasteiger charge is -2.30. The third-order valence-electron chi connectivity index (χ3n) is 6.15. The fourth-order valence-corrected chi connectivity index (χ4v) is 4.68. The molecular formula is C26H26Cl2N2O3. The minimum absolute atomic E-state index is 0.113. The van der Waals surface area contributed by atoms with Crippen LogP contribution in [0.4, 0.5) is 0 Å². The van der Waals surface area contributed by atoms with Crippen LogP contribution in [-0.4, -0.2) is 41.0 Å². The second kappa shape index (κ2) is 10.0. The van der Waals surface area contributed by atoms with Crippen LogP contribution in [0.3, 0.4) is 0 Å². The molecule has 3 aromatic rings. The maximum Gasteiger partial charge on any atom is 0.309 e. The summed E-state index contributed by atoms with van der Waals surface area (Å²) in [7, 11) is 2.01. The van der Waals surface area contributed by atoms with E-state index in [9.17, 15) is 9.59 Å². The van der Waals surface area contributed by atoms with Gasteiger partial charge in [-0.2, -0.15) is 0 Å². The Labute approximate surface area is 203 Å². The predicted molar refractivity (Wildman–Crippen MR) is 133 cm³/mol. The smallest absolute Gasteiger partial charge is 0.309 e. The van der Waals surface area contributed by atoms with E-state index in [1.54, 1.807) is 24.0 Å². The van der Waals surface area contributed by atoms with Crippen molar-refractivity contribution in [2.24, 2.45) is 13.0 Å². The highest BCUT2D eigenvalue weighted by atomic mass is 35.5. The van der Waals surface area contributed by atoms with Crippen molar-refractivity contribution in [2.75, 3.05) is 19.7 Å². The average Bonchev–Trinajstić information content (AvgIpc) is 3.20. The van der Waals surface area contributed by atoms with Crippen molar-refractivity contribution < 1.29 is 14.3 Å². The van der Waals surface area contributed by atoms with Gasteiger partial charge in [0.25, 0.3) is 0 Å². The number of halogens is 2. The molecule has 1 amide bonds. The Bertz CT molecular complexity index is 1220. The SMILES string of the molecule is CCOC(=O)C1CCN(C(=O)/C=C/c2c(-c3ccc4c(ccn4C)c3)ccc(Cl)c2Cl)CC1. The van der Waals surface area contributed by atoms with E-state index in [1.165, 1.54) is 6.08 Å². The minimum atomic E-state index is -0.175. The van der Waals surface area contributed by atoms with E-state index in [-0.39, 0.29) is 17.8 Å². The molecule has 0 unspecified atom stereocenters. The molecule has 0 saturated carbocycles. The van der Waals surface area contributed by atoms with Crippen LogP contribution in [0.15, 0.2) is 48.7 Å². The first-order valence-corrected chi connectivity index (χ1v) is 11.8. The lowest BCUT2D eigenvalue weighted by atomic mass is 9.96. The highest BCUT2D eigenvalue weighted by Crippen LogP contribution is 2.36. The first-order chi connectivity index (χ1) is 15.9. The van der Waals surface area contributed by atoms with Crippen LogP contribution in [0, 0.1) is 5.92 Å². The van der Waals surface area contributed by atoms with E-state index >= 15 is 0 Å². The Morgan fingerprint density at radius 2 is 1.88 bits per heavy atom. The van der Waals surface area contributed by atoms with Gasteiger partial charge in [0, 0.05) is 48.9 Å². The van der Waals surface area contributed by atoms with E-state index in [0.717, 1.165) is 22.0 Å². The van der Waals surface area contributed by atoms with Crippen LogP contribution in [-0.2, 0) is 21.4 Å². The molecule has 0 spiro atoms. The number of amides is 1. The standard InChI is InChI=1S/C26H26Cl2N2O3/c1-3-33-26(32)17-11-14-30(15-12-17)24(31)9-6-21-20(5-7-22(27)25(21)28)18-4-8-23-19(16-18)10-13-29(23)2/h4-10,13,16-17H,3,11-12,14-15H2,1-2H3/b9-6+. The van der Waals surface area contributed by atoms with Crippen molar-refractivity contribution in [3.8, 4) is 11.1 Å². The summed E-state index contributed by atoms with van der Waals surface area (Å²) < 4.78 is 7.17. The van der Waals surface area contributed by atoms with Crippen molar-refractivity contribution in [3.63, 3.8) is 0 Å². The van der Waals surface area contributed by atoms with E-state index < -0.39 is 0 Å². The minimum Gasteiger partial charge on any atom is -0.466 e. The number of aryl methyl sites for hydroxylation is 1. The molecule has 0 N–H and O–H groups in total. The molecule has 7 heteroatoms. The molecular weight excluding hydrogens is 459 g/mol. The summed E-state index contributed by atoms with van der Waals surface area (Å²) in [6.45, 7) is 3.22. The van der Waals surface area contributed by atoms with E-state index in [2.05, 4.69) is 22.8 Å². The number of carbonyl (C=O) groups excluding carboxylic acids is 2. The average molecular weight is 485 g/mol. The molecule has 2 heterocycles. The first-order valence-electron chi connectivity index (χ1n) is 11.1. The summed E-state index contributed by atoms with van der Waals surface area (Å²) in [5.74, 6) is -0.427. The Morgan fingerprint density at radius 3 is 2.61 bits per heavy atom. The van der Waals surface area contributed by atoms with Gasteiger partial charge >= 0.3 is 5.97 Å². The molecule has 0 aliphatic carbocycles. The molecule has 1 saturated heterocycles. The topological polar surface area (TPSA) is 51.5 Å². The van der Waals surface area contributed by atoms with Gasteiger partial charge in [-0.25, -0.2) is 0 Å². The van der Waals surface area contributed by atoms with Crippen molar-refractivity contribution >= 4 is 52.1 Å². The Morgan fingerprint density at radius 1 is 1.12 bits per heavy atom. The van der Waals surface area contributed by atoms with Crippen molar-refractivity contribution in [3.05, 3.63) is 64.3 Å². The van der Waals surface area contributed by atoms with Gasteiger partial charge in [-0.15, -0.1) is 0 Å². The molecule has 1 aromatic heterocycles. The number of hydrogen-bond donors (Lipinski definition) is 0. The predicted octanol–water partition coefficient (Wildman–Crippen LogP) is 5.97. The second-order valence-electron chi connectivity index (χ2n) is 8.21. The molecule has 33 heavy (non-hydrogen) atoms. The number of carbonyl (C=O) groups is 2. The maximum atomic E-state index is 12.8. The summed E-state index contributed by atoms with van der Waals surface area (Å²) >= 11 is 12.9. The first kappa shape index (κ1) is 23.4. The van der Waals surface area contributed by atoms with Crippen LogP contribution in [0.5, 0.6) is 0 Å². The third kappa shape index (κ3) is 4.94. The summed E-state index contributed by atoms with van der Waals surface area (Å²) in [5, 5.41) is 1.97. The summed E-state index contributed by atoms with van der Waals surface area (Å²) in [4.78, 5) is 26.5. The van der Waals surface area contributed by atoms with Gasteiger partial charge in [-0.1, -0.05) is 35.3 Å². The Balaban J connectivity index is 1.55. The number of piperidine rings is 1. The Hall–Kier alpha value is -2.76. The number of esters is 1. The fraction of sp³-hybridized carbons (Fsp3) is 0.308. The number of rotatable bonds is 5. The number of ether oxygens (including phenoxy) is 1. The summed E-state index contributed by atoms with van der Waals surface area (Å²) in [5.41, 5.74) is 3.74. The van der Waals surface area contributed by atoms with Crippen LogP contribution in [0.1, 0.15) is 25.3 Å². The summed E-state index contributed by atoms with van der Waals surface area (Å²) in [6, 6.07) is 12.0. The number of nitrogens with zero attached hydrogens (tertiary/aromatic N) is 2. The van der Waals surface area contributed by atoms with Gasteiger partial charge in [0.15, 0.2) is 0 Å². The molecule has 1 aliphatic heterocycles. The molecule has 2 aromatic carbocycles. The van der Waals surface area contributed by atoms with Crippen LogP contribution < -0.4 is 0 Å². The molecule has 172 valence electrons. The Kier molecular flexibility index (Phi) is 7.11. The second-order valence-corrected chi connectivity index (χ2v) is 8.99. The number of benzene rings is 2. The third-order valence-corrected chi connectivity index (χ3v) is 6.97. The van der Waals surface area contributed by atoms with E-state index in [1.807, 2.05) is 25.4 Å². The van der Waals surface area contributed by atoms with Crippen LogP contribution >= 0.6 is 23.2 Å². The fourth-order valence-electron chi connectivity index (χ4n) is 4.29. The number of aromatic nitrogens is 1. The lowest BCUT2D eigenvalue weighted by molar-refractivity contribution is -0.150. The van der Waals surface area contributed by atoms with Crippen molar-refractivity contribution in [1.82, 2.24) is 9.47 Å². The van der Waals surface area contributed by atoms with Gasteiger partial charge in [-0.05, 0) is 61.2 Å². The van der Waals surface area contributed by atoms with Crippen molar-refractivity contribution in [1.29, 1.82) is 0 Å². The van der Waals surface area contributed by atoms with Crippen LogP contribution in [0.2, 0.25) is 10.0 Å². The zero-order chi connectivity index (χ0) is 23.5. The zero-order valence-corrected chi connectivity index (χ0v) is 20.2. The lowest BCUT2D eigenvalue weighted by Crippen LogP contribution is -2.39. The maximum absolute atomic E-state index is 12.8. The zero-order valence-electron chi connectivity index (χ0n) is 18.7. The van der Waals surface area contributed by atoms with E-state index in [0.29, 0.717) is 48.1 Å². The van der Waals surface area contributed by atoms with Crippen molar-refractivity contribution in [2.45, 2.75) is 19.8 Å². The van der Waals surface area contributed by atoms with Crippen LogP contribution in [0.25, 0.3) is 28.1 Å².